The maximum absolute atomic E-state index is 13.1. The van der Waals surface area contributed by atoms with E-state index in [4.69, 9.17) is 11.6 Å². The standard InChI is InChI=1S/C29H25ClN2O6/c1-18-23-4-2-3-5-24(23)32(26(34)17-31-18)15-14-29(27(35)36,28(37)38)16-25(33)21-8-6-19(7-9-21)20-10-12-22(30)13-11-20/h2-13H,14-17H2,1H3,(H,35,36)(H,37,38). The first-order valence-electron chi connectivity index (χ1n) is 11.9. The van der Waals surface area contributed by atoms with E-state index < -0.39 is 36.0 Å². The number of para-hydroxylation sites is 1. The molecular formula is C29H25ClN2O6. The van der Waals surface area contributed by atoms with E-state index in [0.29, 0.717) is 22.0 Å². The molecule has 3 aromatic carbocycles. The minimum Gasteiger partial charge on any atom is -0.480 e. The number of nitrogens with zero attached hydrogens (tertiary/aromatic N) is 2. The molecule has 0 radical (unpaired) electrons. The molecule has 0 saturated heterocycles. The van der Waals surface area contributed by atoms with Crippen molar-refractivity contribution >= 4 is 46.6 Å². The molecule has 1 aliphatic heterocycles. The number of aliphatic carboxylic acids is 2. The van der Waals surface area contributed by atoms with Crippen LogP contribution in [0.5, 0.6) is 0 Å². The normalized spacial score (nSPS) is 13.4. The van der Waals surface area contributed by atoms with Gasteiger partial charge in [0.1, 0.15) is 6.54 Å². The summed E-state index contributed by atoms with van der Waals surface area (Å²) in [5, 5.41) is 20.6. The molecular weight excluding hydrogens is 508 g/mol. The zero-order valence-corrected chi connectivity index (χ0v) is 21.3. The van der Waals surface area contributed by atoms with E-state index in [2.05, 4.69) is 4.99 Å². The van der Waals surface area contributed by atoms with E-state index in [1.807, 2.05) is 12.1 Å². The maximum atomic E-state index is 13.1. The van der Waals surface area contributed by atoms with Crippen LogP contribution in [-0.2, 0) is 14.4 Å². The topological polar surface area (TPSA) is 124 Å². The highest BCUT2D eigenvalue weighted by atomic mass is 35.5. The quantitative estimate of drug-likeness (QED) is 0.296. The van der Waals surface area contributed by atoms with Crippen molar-refractivity contribution in [1.29, 1.82) is 0 Å². The second-order valence-electron chi connectivity index (χ2n) is 9.09. The summed E-state index contributed by atoms with van der Waals surface area (Å²) in [4.78, 5) is 56.3. The smallest absolute Gasteiger partial charge is 0.321 e. The number of amides is 1. The highest BCUT2D eigenvalue weighted by molar-refractivity contribution is 6.30. The number of rotatable bonds is 9. The Bertz CT molecular complexity index is 1420. The van der Waals surface area contributed by atoms with Gasteiger partial charge >= 0.3 is 11.9 Å². The number of benzene rings is 3. The summed E-state index contributed by atoms with van der Waals surface area (Å²) >= 11 is 5.93. The number of fused-ring (bicyclic) bond motifs is 1. The Kier molecular flexibility index (Phi) is 7.73. The lowest BCUT2D eigenvalue weighted by Gasteiger charge is -2.29. The monoisotopic (exact) mass is 532 g/mol. The molecule has 1 amide bonds. The molecule has 1 aliphatic rings. The highest BCUT2D eigenvalue weighted by Gasteiger charge is 2.48. The molecule has 0 unspecified atom stereocenters. The van der Waals surface area contributed by atoms with E-state index >= 15 is 0 Å². The second kappa shape index (κ2) is 11.0. The third kappa shape index (κ3) is 5.35. The van der Waals surface area contributed by atoms with Gasteiger partial charge in [-0.1, -0.05) is 66.2 Å². The van der Waals surface area contributed by atoms with Gasteiger partial charge in [-0.15, -0.1) is 0 Å². The van der Waals surface area contributed by atoms with Crippen LogP contribution in [0.3, 0.4) is 0 Å². The molecule has 3 aromatic rings. The molecule has 0 aliphatic carbocycles. The summed E-state index contributed by atoms with van der Waals surface area (Å²) in [5.41, 5.74) is 1.32. The number of carboxylic acid groups (broad SMARTS) is 2. The summed E-state index contributed by atoms with van der Waals surface area (Å²) in [5.74, 6) is -4.29. The van der Waals surface area contributed by atoms with Crippen LogP contribution >= 0.6 is 11.6 Å². The van der Waals surface area contributed by atoms with Crippen LogP contribution in [-0.4, -0.2) is 52.6 Å². The van der Waals surface area contributed by atoms with Crippen LogP contribution in [0.1, 0.15) is 35.7 Å². The number of hydrogen-bond acceptors (Lipinski definition) is 5. The van der Waals surface area contributed by atoms with E-state index in [9.17, 15) is 29.4 Å². The average Bonchev–Trinajstić information content (AvgIpc) is 3.02. The van der Waals surface area contributed by atoms with Crippen LogP contribution < -0.4 is 4.90 Å². The Morgan fingerprint density at radius 3 is 2.11 bits per heavy atom. The number of hydrogen-bond donors (Lipinski definition) is 2. The number of aliphatic imine (C=N–C) groups is 1. The van der Waals surface area contributed by atoms with Gasteiger partial charge in [0.25, 0.3) is 0 Å². The summed E-state index contributed by atoms with van der Waals surface area (Å²) in [6.07, 6.45) is -1.23. The van der Waals surface area contributed by atoms with Crippen molar-refractivity contribution in [2.45, 2.75) is 19.8 Å². The van der Waals surface area contributed by atoms with Gasteiger partial charge in [0.05, 0.1) is 5.69 Å². The number of carbonyl (C=O) groups is 4. The third-order valence-corrected chi connectivity index (χ3v) is 7.02. The summed E-state index contributed by atoms with van der Waals surface area (Å²) in [6.45, 7) is 1.41. The van der Waals surface area contributed by atoms with Crippen molar-refractivity contribution in [3.05, 3.63) is 88.9 Å². The molecule has 0 spiro atoms. The van der Waals surface area contributed by atoms with Gasteiger partial charge in [0, 0.05) is 34.8 Å². The molecule has 194 valence electrons. The number of benzodiazepines with no additional fused rings is 1. The zero-order chi connectivity index (χ0) is 27.4. The van der Waals surface area contributed by atoms with Gasteiger partial charge in [-0.3, -0.25) is 24.2 Å². The SMILES string of the molecule is CC1=NCC(=O)N(CCC(CC(=O)c2ccc(-c3ccc(Cl)cc3)cc2)(C(=O)O)C(=O)O)c2ccccc21. The van der Waals surface area contributed by atoms with Gasteiger partial charge in [0.2, 0.25) is 5.91 Å². The average molecular weight is 533 g/mol. The maximum Gasteiger partial charge on any atom is 0.321 e. The lowest BCUT2D eigenvalue weighted by Crippen LogP contribution is -2.45. The first kappa shape index (κ1) is 26.8. The number of ketones is 1. The fourth-order valence-electron chi connectivity index (χ4n) is 4.47. The van der Waals surface area contributed by atoms with Crippen LogP contribution in [0.25, 0.3) is 11.1 Å². The molecule has 0 saturated carbocycles. The minimum absolute atomic E-state index is 0.146. The first-order chi connectivity index (χ1) is 18.1. The van der Waals surface area contributed by atoms with Gasteiger partial charge in [0.15, 0.2) is 11.2 Å². The lowest BCUT2D eigenvalue weighted by molar-refractivity contribution is -0.165. The molecule has 2 N–H and O–H groups in total. The molecule has 0 atom stereocenters. The van der Waals surface area contributed by atoms with Gasteiger partial charge < -0.3 is 15.1 Å². The number of Topliss-reactive ketones (excluding diaryl/α,β-unsaturated/α-hetero) is 1. The summed E-state index contributed by atoms with van der Waals surface area (Å²) in [6, 6.07) is 20.6. The van der Waals surface area contributed by atoms with E-state index in [1.54, 1.807) is 55.5 Å². The van der Waals surface area contributed by atoms with Crippen molar-refractivity contribution in [2.75, 3.05) is 18.0 Å². The molecule has 8 nitrogen and oxygen atoms in total. The predicted molar refractivity (Wildman–Crippen MR) is 144 cm³/mol. The molecule has 4 rings (SSSR count). The van der Waals surface area contributed by atoms with Crippen LogP contribution in [0.4, 0.5) is 5.69 Å². The summed E-state index contributed by atoms with van der Waals surface area (Å²) in [7, 11) is 0. The molecule has 9 heteroatoms. The Hall–Kier alpha value is -4.30. The molecule has 38 heavy (non-hydrogen) atoms. The lowest BCUT2D eigenvalue weighted by atomic mass is 9.78. The largest absolute Gasteiger partial charge is 0.480 e. The second-order valence-corrected chi connectivity index (χ2v) is 9.53. The highest BCUT2D eigenvalue weighted by Crippen LogP contribution is 2.33. The molecule has 0 aromatic heterocycles. The van der Waals surface area contributed by atoms with Crippen LogP contribution in [0.15, 0.2) is 77.8 Å². The molecule has 0 bridgehead atoms. The van der Waals surface area contributed by atoms with Crippen LogP contribution in [0.2, 0.25) is 5.02 Å². The van der Waals surface area contributed by atoms with Crippen molar-refractivity contribution in [3.8, 4) is 11.1 Å². The van der Waals surface area contributed by atoms with Crippen molar-refractivity contribution in [1.82, 2.24) is 0 Å². The molecule has 1 heterocycles. The zero-order valence-electron chi connectivity index (χ0n) is 20.6. The van der Waals surface area contributed by atoms with Gasteiger partial charge in [-0.2, -0.15) is 0 Å². The van der Waals surface area contributed by atoms with Crippen molar-refractivity contribution < 1.29 is 29.4 Å². The van der Waals surface area contributed by atoms with Crippen molar-refractivity contribution in [2.24, 2.45) is 10.4 Å². The molecule has 0 fully saturated rings. The predicted octanol–water partition coefficient (Wildman–Crippen LogP) is 4.98. The van der Waals surface area contributed by atoms with E-state index in [0.717, 1.165) is 11.1 Å². The third-order valence-electron chi connectivity index (χ3n) is 6.76. The Morgan fingerprint density at radius 2 is 1.50 bits per heavy atom. The Morgan fingerprint density at radius 1 is 0.921 bits per heavy atom. The van der Waals surface area contributed by atoms with Crippen LogP contribution in [0, 0.1) is 5.41 Å². The number of carbonyl (C=O) groups excluding carboxylic acids is 2. The number of halogens is 1. The van der Waals surface area contributed by atoms with Crippen molar-refractivity contribution in [3.63, 3.8) is 0 Å². The minimum atomic E-state index is -2.43. The van der Waals surface area contributed by atoms with E-state index in [-0.39, 0.29) is 24.6 Å². The Labute approximate surface area is 224 Å². The van der Waals surface area contributed by atoms with E-state index in [1.165, 1.54) is 17.0 Å². The summed E-state index contributed by atoms with van der Waals surface area (Å²) < 4.78 is 0. The first-order valence-corrected chi connectivity index (χ1v) is 12.3. The fourth-order valence-corrected chi connectivity index (χ4v) is 4.59. The number of carboxylic acids is 2. The van der Waals surface area contributed by atoms with Gasteiger partial charge in [-0.05, 0) is 42.7 Å². The Balaban J connectivity index is 1.57. The fraction of sp³-hybridized carbons (Fsp3) is 0.207. The number of anilines is 1. The van der Waals surface area contributed by atoms with Gasteiger partial charge in [-0.25, -0.2) is 0 Å².